The minimum absolute atomic E-state index is 0.149. The van der Waals surface area contributed by atoms with Crippen LogP contribution in [0.4, 0.5) is 0 Å². The van der Waals surface area contributed by atoms with E-state index in [9.17, 15) is 9.90 Å². The van der Waals surface area contributed by atoms with Crippen molar-refractivity contribution in [3.05, 3.63) is 0 Å². The molecular weight excluding hydrogens is 214 g/mol. The van der Waals surface area contributed by atoms with Crippen LogP contribution in [0, 0.1) is 11.3 Å². The highest BCUT2D eigenvalue weighted by atomic mass is 16.4. The zero-order valence-corrected chi connectivity index (χ0v) is 12.3. The van der Waals surface area contributed by atoms with Crippen LogP contribution in [0.5, 0.6) is 0 Å². The summed E-state index contributed by atoms with van der Waals surface area (Å²) in [6.45, 7) is 13.4. The summed E-state index contributed by atoms with van der Waals surface area (Å²) >= 11 is 0. The number of aliphatic carboxylic acids is 1. The van der Waals surface area contributed by atoms with Crippen molar-refractivity contribution in [2.75, 3.05) is 6.54 Å². The van der Waals surface area contributed by atoms with Crippen LogP contribution >= 0.6 is 0 Å². The minimum Gasteiger partial charge on any atom is -0.481 e. The molecule has 0 bridgehead atoms. The molecule has 0 saturated heterocycles. The second-order valence-corrected chi connectivity index (χ2v) is 6.93. The Hall–Kier alpha value is -0.570. The summed E-state index contributed by atoms with van der Waals surface area (Å²) < 4.78 is 0. The van der Waals surface area contributed by atoms with Gasteiger partial charge in [0.05, 0.1) is 5.92 Å². The summed E-state index contributed by atoms with van der Waals surface area (Å²) in [6, 6.07) is 0. The van der Waals surface area contributed by atoms with E-state index in [-0.39, 0.29) is 16.9 Å². The van der Waals surface area contributed by atoms with Crippen molar-refractivity contribution in [2.45, 2.75) is 66.3 Å². The molecule has 0 saturated carbocycles. The summed E-state index contributed by atoms with van der Waals surface area (Å²) in [7, 11) is 0. The molecule has 1 atom stereocenters. The number of rotatable bonds is 6. The van der Waals surface area contributed by atoms with Gasteiger partial charge in [0, 0.05) is 5.54 Å². The van der Waals surface area contributed by atoms with Crippen LogP contribution in [0.15, 0.2) is 0 Å². The standard InChI is InChI=1S/C14H29NO2/c1-13(2,3)11(12(16)17)9-7-8-10-15-14(4,5)6/h11,15H,7-10H2,1-6H3,(H,16,17). The molecule has 2 N–H and O–H groups in total. The molecule has 0 heterocycles. The molecule has 0 aromatic carbocycles. The largest absolute Gasteiger partial charge is 0.481 e. The van der Waals surface area contributed by atoms with E-state index in [1.54, 1.807) is 0 Å². The Labute approximate surface area is 106 Å². The van der Waals surface area contributed by atoms with Crippen molar-refractivity contribution in [3.63, 3.8) is 0 Å². The number of hydrogen-bond donors (Lipinski definition) is 2. The van der Waals surface area contributed by atoms with Crippen LogP contribution in [0.1, 0.15) is 60.8 Å². The van der Waals surface area contributed by atoms with E-state index in [1.165, 1.54) is 0 Å². The molecule has 0 rings (SSSR count). The highest BCUT2D eigenvalue weighted by molar-refractivity contribution is 5.70. The third-order valence-electron chi connectivity index (χ3n) is 2.92. The molecule has 0 aromatic rings. The number of carboxylic acid groups (broad SMARTS) is 1. The van der Waals surface area contributed by atoms with E-state index < -0.39 is 5.97 Å². The van der Waals surface area contributed by atoms with Gasteiger partial charge in [-0.3, -0.25) is 4.79 Å². The molecule has 0 aliphatic heterocycles. The quantitative estimate of drug-likeness (QED) is 0.704. The Morgan fingerprint density at radius 3 is 2.00 bits per heavy atom. The van der Waals surface area contributed by atoms with Crippen LogP contribution in [-0.2, 0) is 4.79 Å². The Morgan fingerprint density at radius 2 is 1.65 bits per heavy atom. The third kappa shape index (κ3) is 8.19. The van der Waals surface area contributed by atoms with Gasteiger partial charge in [-0.2, -0.15) is 0 Å². The van der Waals surface area contributed by atoms with Gasteiger partial charge in [0.1, 0.15) is 0 Å². The normalized spacial score (nSPS) is 14.7. The van der Waals surface area contributed by atoms with Gasteiger partial charge in [0.2, 0.25) is 0 Å². The third-order valence-corrected chi connectivity index (χ3v) is 2.92. The summed E-state index contributed by atoms with van der Waals surface area (Å²) in [5.74, 6) is -0.904. The molecule has 0 aromatic heterocycles. The van der Waals surface area contributed by atoms with Gasteiger partial charge in [-0.1, -0.05) is 27.2 Å². The summed E-state index contributed by atoms with van der Waals surface area (Å²) in [5, 5.41) is 12.6. The van der Waals surface area contributed by atoms with Crippen LogP contribution in [0.2, 0.25) is 0 Å². The molecule has 0 aliphatic rings. The Bertz CT molecular complexity index is 236. The second kappa shape index (κ2) is 6.39. The van der Waals surface area contributed by atoms with E-state index in [4.69, 9.17) is 0 Å². The molecule has 0 aliphatic carbocycles. The molecule has 0 amide bonds. The van der Waals surface area contributed by atoms with E-state index in [2.05, 4.69) is 26.1 Å². The first-order chi connectivity index (χ1) is 7.54. The maximum Gasteiger partial charge on any atom is 0.307 e. The van der Waals surface area contributed by atoms with Crippen LogP contribution < -0.4 is 5.32 Å². The Morgan fingerprint density at radius 1 is 1.12 bits per heavy atom. The summed E-state index contributed by atoms with van der Waals surface area (Å²) in [4.78, 5) is 11.2. The number of nitrogens with one attached hydrogen (secondary N) is 1. The fraction of sp³-hybridized carbons (Fsp3) is 0.929. The van der Waals surface area contributed by atoms with Gasteiger partial charge < -0.3 is 10.4 Å². The molecular formula is C14H29NO2. The first kappa shape index (κ1) is 16.4. The molecule has 102 valence electrons. The maximum atomic E-state index is 11.2. The lowest BCUT2D eigenvalue weighted by Gasteiger charge is -2.27. The van der Waals surface area contributed by atoms with Crippen molar-refractivity contribution in [3.8, 4) is 0 Å². The summed E-state index contributed by atoms with van der Waals surface area (Å²) in [5.41, 5.74) is -0.000481. The lowest BCUT2D eigenvalue weighted by Crippen LogP contribution is -2.36. The zero-order valence-electron chi connectivity index (χ0n) is 12.3. The lowest BCUT2D eigenvalue weighted by atomic mass is 9.78. The van der Waals surface area contributed by atoms with Gasteiger partial charge in [-0.05, 0) is 45.6 Å². The number of hydrogen-bond acceptors (Lipinski definition) is 2. The number of unbranched alkanes of at least 4 members (excludes halogenated alkanes) is 1. The zero-order chi connectivity index (χ0) is 13.7. The Kier molecular flexibility index (Phi) is 6.17. The first-order valence-electron chi connectivity index (χ1n) is 6.52. The first-order valence-corrected chi connectivity index (χ1v) is 6.52. The van der Waals surface area contributed by atoms with Crippen molar-refractivity contribution >= 4 is 5.97 Å². The monoisotopic (exact) mass is 243 g/mol. The molecule has 0 radical (unpaired) electrons. The number of carboxylic acids is 1. The average molecular weight is 243 g/mol. The van der Waals surface area contributed by atoms with E-state index >= 15 is 0 Å². The van der Waals surface area contributed by atoms with Crippen LogP contribution in [-0.4, -0.2) is 23.2 Å². The van der Waals surface area contributed by atoms with Gasteiger partial charge >= 0.3 is 5.97 Å². The van der Waals surface area contributed by atoms with E-state index in [0.29, 0.717) is 0 Å². The lowest BCUT2D eigenvalue weighted by molar-refractivity contribution is -0.145. The fourth-order valence-electron chi connectivity index (χ4n) is 1.86. The van der Waals surface area contributed by atoms with Gasteiger partial charge in [-0.15, -0.1) is 0 Å². The van der Waals surface area contributed by atoms with E-state index in [1.807, 2.05) is 20.8 Å². The minimum atomic E-state index is -0.665. The van der Waals surface area contributed by atoms with Crippen LogP contribution in [0.3, 0.4) is 0 Å². The molecule has 3 heteroatoms. The predicted octanol–water partition coefficient (Wildman–Crippen LogP) is 3.29. The van der Waals surface area contributed by atoms with E-state index in [0.717, 1.165) is 25.8 Å². The van der Waals surface area contributed by atoms with Gasteiger partial charge in [0.25, 0.3) is 0 Å². The molecule has 17 heavy (non-hydrogen) atoms. The predicted molar refractivity (Wildman–Crippen MR) is 72.2 cm³/mol. The average Bonchev–Trinajstić information content (AvgIpc) is 2.05. The number of carbonyl (C=O) groups is 1. The van der Waals surface area contributed by atoms with Crippen molar-refractivity contribution in [1.82, 2.24) is 5.32 Å². The Balaban J connectivity index is 3.90. The summed E-state index contributed by atoms with van der Waals surface area (Å²) in [6.07, 6.45) is 2.78. The van der Waals surface area contributed by atoms with Crippen molar-refractivity contribution in [1.29, 1.82) is 0 Å². The topological polar surface area (TPSA) is 49.3 Å². The highest BCUT2D eigenvalue weighted by Crippen LogP contribution is 2.30. The molecule has 3 nitrogen and oxygen atoms in total. The fourth-order valence-corrected chi connectivity index (χ4v) is 1.86. The van der Waals surface area contributed by atoms with Crippen LogP contribution in [0.25, 0.3) is 0 Å². The molecule has 0 spiro atoms. The molecule has 0 fully saturated rings. The smallest absolute Gasteiger partial charge is 0.307 e. The van der Waals surface area contributed by atoms with Crippen molar-refractivity contribution in [2.24, 2.45) is 11.3 Å². The van der Waals surface area contributed by atoms with Gasteiger partial charge in [0.15, 0.2) is 0 Å². The van der Waals surface area contributed by atoms with Gasteiger partial charge in [-0.25, -0.2) is 0 Å². The van der Waals surface area contributed by atoms with Crippen molar-refractivity contribution < 1.29 is 9.90 Å². The molecule has 1 unspecified atom stereocenters. The second-order valence-electron chi connectivity index (χ2n) is 6.93. The SMILES string of the molecule is CC(C)(C)NCCCCC(C(=O)O)C(C)(C)C. The highest BCUT2D eigenvalue weighted by Gasteiger charge is 2.30. The maximum absolute atomic E-state index is 11.2.